The highest BCUT2D eigenvalue weighted by Gasteiger charge is 2.46. The van der Waals surface area contributed by atoms with Crippen molar-refractivity contribution in [3.05, 3.63) is 39.2 Å². The van der Waals surface area contributed by atoms with Gasteiger partial charge in [-0.05, 0) is 85.8 Å². The third-order valence-electron chi connectivity index (χ3n) is 7.48. The van der Waals surface area contributed by atoms with Gasteiger partial charge in [-0.25, -0.2) is 4.98 Å². The molecular formula is C26H37IN4O. The van der Waals surface area contributed by atoms with Crippen molar-refractivity contribution in [2.75, 3.05) is 26.2 Å². The molecular weight excluding hydrogens is 511 g/mol. The summed E-state index contributed by atoms with van der Waals surface area (Å²) < 4.78 is 3.47. The van der Waals surface area contributed by atoms with E-state index in [0.29, 0.717) is 0 Å². The Morgan fingerprint density at radius 2 is 1.84 bits per heavy atom. The van der Waals surface area contributed by atoms with E-state index in [1.807, 2.05) is 4.90 Å². The molecule has 0 atom stereocenters. The molecule has 5 nitrogen and oxygen atoms in total. The number of imidazole rings is 1. The highest BCUT2D eigenvalue weighted by atomic mass is 127. The summed E-state index contributed by atoms with van der Waals surface area (Å²) in [6.07, 6.45) is 11.8. The molecule has 6 heteroatoms. The Kier molecular flexibility index (Phi) is 7.92. The van der Waals surface area contributed by atoms with Gasteiger partial charge in [0.1, 0.15) is 9.53 Å². The van der Waals surface area contributed by atoms with Crippen LogP contribution in [0, 0.1) is 3.70 Å². The number of carbonyl (C=O) groups is 1. The molecule has 1 amide bonds. The number of likely N-dealkylation sites (tertiary alicyclic amines) is 2. The number of benzene rings is 1. The summed E-state index contributed by atoms with van der Waals surface area (Å²) in [4.78, 5) is 21.1. The van der Waals surface area contributed by atoms with Crippen LogP contribution in [0.1, 0.15) is 69.5 Å². The lowest BCUT2D eigenvalue weighted by molar-refractivity contribution is -0.121. The Labute approximate surface area is 206 Å². The molecule has 0 spiro atoms. The Morgan fingerprint density at radius 1 is 1.09 bits per heavy atom. The van der Waals surface area contributed by atoms with Gasteiger partial charge < -0.3 is 9.47 Å². The van der Waals surface area contributed by atoms with Crippen LogP contribution in [0.3, 0.4) is 0 Å². The van der Waals surface area contributed by atoms with Crippen LogP contribution in [-0.4, -0.2) is 51.9 Å². The number of amides is 1. The number of unbranched alkanes of at least 4 members (excludes halogenated alkanes) is 3. The molecule has 0 saturated carbocycles. The van der Waals surface area contributed by atoms with Crippen LogP contribution in [0.25, 0.3) is 11.4 Å². The lowest BCUT2D eigenvalue weighted by Crippen LogP contribution is -2.53. The fourth-order valence-corrected chi connectivity index (χ4v) is 6.79. The summed E-state index contributed by atoms with van der Waals surface area (Å²) in [6.45, 7) is 6.20. The van der Waals surface area contributed by atoms with Crippen LogP contribution in [-0.2, 0) is 23.8 Å². The summed E-state index contributed by atoms with van der Waals surface area (Å²) in [5.41, 5.74) is 3.94. The van der Waals surface area contributed by atoms with Gasteiger partial charge in [-0.2, -0.15) is 0 Å². The van der Waals surface area contributed by atoms with Gasteiger partial charge >= 0.3 is 0 Å². The molecule has 1 aromatic carbocycles. The Hall–Kier alpha value is -1.41. The van der Waals surface area contributed by atoms with Crippen LogP contribution < -0.4 is 0 Å². The van der Waals surface area contributed by atoms with Crippen molar-refractivity contribution in [2.45, 2.75) is 70.3 Å². The molecule has 0 bridgehead atoms. The number of aromatic nitrogens is 2. The molecule has 2 saturated heterocycles. The first-order valence-electron chi connectivity index (χ1n) is 12.4. The number of hydrogen-bond acceptors (Lipinski definition) is 3. The van der Waals surface area contributed by atoms with Gasteiger partial charge in [0.25, 0.3) is 0 Å². The van der Waals surface area contributed by atoms with Gasteiger partial charge in [-0.3, -0.25) is 9.69 Å². The number of hydrogen-bond donors (Lipinski definition) is 0. The van der Waals surface area contributed by atoms with Crippen molar-refractivity contribution in [1.82, 2.24) is 19.4 Å². The molecule has 3 heterocycles. The van der Waals surface area contributed by atoms with Crippen LogP contribution in [0.4, 0.5) is 0 Å². The monoisotopic (exact) mass is 548 g/mol. The second-order valence-electron chi connectivity index (χ2n) is 9.51. The Morgan fingerprint density at radius 3 is 2.53 bits per heavy atom. The van der Waals surface area contributed by atoms with E-state index in [1.54, 1.807) is 0 Å². The van der Waals surface area contributed by atoms with Crippen LogP contribution in [0.2, 0.25) is 0 Å². The molecule has 2 aliphatic rings. The van der Waals surface area contributed by atoms with Crippen molar-refractivity contribution in [3.8, 4) is 11.4 Å². The zero-order valence-electron chi connectivity index (χ0n) is 19.7. The van der Waals surface area contributed by atoms with E-state index in [-0.39, 0.29) is 5.54 Å². The molecule has 2 aliphatic heterocycles. The quantitative estimate of drug-likeness (QED) is 0.241. The van der Waals surface area contributed by atoms with Crippen molar-refractivity contribution in [1.29, 1.82) is 0 Å². The van der Waals surface area contributed by atoms with Crippen molar-refractivity contribution in [3.63, 3.8) is 0 Å². The maximum atomic E-state index is 11.4. The average molecular weight is 549 g/mol. The van der Waals surface area contributed by atoms with Gasteiger partial charge in [0, 0.05) is 25.7 Å². The molecule has 2 aromatic rings. The molecule has 0 radical (unpaired) electrons. The van der Waals surface area contributed by atoms with E-state index in [9.17, 15) is 4.79 Å². The first kappa shape index (κ1) is 23.7. The van der Waals surface area contributed by atoms with Gasteiger partial charge in [-0.15, -0.1) is 0 Å². The maximum absolute atomic E-state index is 11.4. The van der Waals surface area contributed by atoms with Crippen LogP contribution in [0.15, 0.2) is 24.3 Å². The van der Waals surface area contributed by atoms with Gasteiger partial charge in [-0.1, -0.05) is 44.4 Å². The standard InChI is InChI=1S/C26H37IN4O/c1-3-4-5-6-10-21-11-9-12-22(19-21)25-28-24(27)23(29(25)2)26(31-15-7-8-16-31)13-17-30(20-32)18-14-26/h9,11-12,19-20H,3-8,10,13-18H2,1-2H3. The van der Waals surface area contributed by atoms with Crippen LogP contribution >= 0.6 is 22.6 Å². The SMILES string of the molecule is CCCCCCc1cccc(-c2nc(I)c(C3(N4CCCC4)CCN(C=O)CC3)n2C)c1. The zero-order chi connectivity index (χ0) is 22.6. The minimum atomic E-state index is -0.0235. The average Bonchev–Trinajstić information content (AvgIpc) is 3.46. The third-order valence-corrected chi connectivity index (χ3v) is 8.24. The summed E-state index contributed by atoms with van der Waals surface area (Å²) in [5, 5.41) is 0. The molecule has 0 aliphatic carbocycles. The van der Waals surface area contributed by atoms with Crippen molar-refractivity contribution < 1.29 is 4.79 Å². The largest absolute Gasteiger partial charge is 0.345 e. The number of carbonyl (C=O) groups excluding carboxylic acids is 1. The number of piperidine rings is 1. The summed E-state index contributed by atoms with van der Waals surface area (Å²) >= 11 is 2.45. The molecule has 2 fully saturated rings. The van der Waals surface area contributed by atoms with E-state index >= 15 is 0 Å². The minimum Gasteiger partial charge on any atom is -0.345 e. The molecule has 4 rings (SSSR count). The fourth-order valence-electron chi connectivity index (χ4n) is 5.70. The van der Waals surface area contributed by atoms with E-state index < -0.39 is 0 Å². The molecule has 0 N–H and O–H groups in total. The normalized spacial score (nSPS) is 18.9. The summed E-state index contributed by atoms with van der Waals surface area (Å²) in [7, 11) is 2.19. The van der Waals surface area contributed by atoms with E-state index in [1.165, 1.54) is 55.3 Å². The predicted octanol–water partition coefficient (Wildman–Crippen LogP) is 5.36. The minimum absolute atomic E-state index is 0.0235. The van der Waals surface area contributed by atoms with E-state index in [0.717, 1.165) is 61.4 Å². The maximum Gasteiger partial charge on any atom is 0.209 e. The zero-order valence-corrected chi connectivity index (χ0v) is 21.8. The summed E-state index contributed by atoms with van der Waals surface area (Å²) in [6, 6.07) is 8.98. The van der Waals surface area contributed by atoms with Crippen LogP contribution in [0.5, 0.6) is 0 Å². The highest BCUT2D eigenvalue weighted by molar-refractivity contribution is 14.1. The molecule has 32 heavy (non-hydrogen) atoms. The second kappa shape index (κ2) is 10.7. The second-order valence-corrected chi connectivity index (χ2v) is 10.5. The van der Waals surface area contributed by atoms with Crippen molar-refractivity contribution in [2.24, 2.45) is 7.05 Å². The first-order valence-corrected chi connectivity index (χ1v) is 13.4. The van der Waals surface area contributed by atoms with Crippen molar-refractivity contribution >= 4 is 29.0 Å². The highest BCUT2D eigenvalue weighted by Crippen LogP contribution is 2.43. The number of nitrogens with zero attached hydrogens (tertiary/aromatic N) is 4. The van der Waals surface area contributed by atoms with E-state index in [2.05, 4.69) is 70.3 Å². The van der Waals surface area contributed by atoms with Gasteiger partial charge in [0.2, 0.25) is 6.41 Å². The lowest BCUT2D eigenvalue weighted by Gasteiger charge is -2.47. The summed E-state index contributed by atoms with van der Waals surface area (Å²) in [5.74, 6) is 1.07. The number of aryl methyl sites for hydroxylation is 1. The molecule has 0 unspecified atom stereocenters. The lowest BCUT2D eigenvalue weighted by atomic mass is 9.83. The first-order chi connectivity index (χ1) is 15.6. The number of rotatable bonds is 9. The third kappa shape index (κ3) is 4.76. The predicted molar refractivity (Wildman–Crippen MR) is 139 cm³/mol. The Balaban J connectivity index is 1.65. The topological polar surface area (TPSA) is 41.4 Å². The van der Waals surface area contributed by atoms with Gasteiger partial charge in [0.05, 0.1) is 11.2 Å². The molecule has 1 aromatic heterocycles. The fraction of sp³-hybridized carbons (Fsp3) is 0.615. The Bertz CT molecular complexity index is 911. The molecule has 174 valence electrons. The van der Waals surface area contributed by atoms with Gasteiger partial charge in [0.15, 0.2) is 0 Å². The smallest absolute Gasteiger partial charge is 0.209 e. The van der Waals surface area contributed by atoms with E-state index in [4.69, 9.17) is 4.98 Å². The number of halogens is 1.